The van der Waals surface area contributed by atoms with Crippen LogP contribution in [0.5, 0.6) is 5.75 Å². The molecule has 0 spiro atoms. The number of para-hydroxylation sites is 1. The van der Waals surface area contributed by atoms with Gasteiger partial charge < -0.3 is 15.8 Å². The lowest BCUT2D eigenvalue weighted by atomic mass is 9.99. The molecule has 1 aromatic carbocycles. The van der Waals surface area contributed by atoms with E-state index >= 15 is 0 Å². The number of nitrogens with one attached hydrogen (secondary N) is 1. The molecular weight excluding hydrogens is 238 g/mol. The number of ether oxygens (including phenoxy) is 1. The summed E-state index contributed by atoms with van der Waals surface area (Å²) in [6.07, 6.45) is 5.22. The second kappa shape index (κ2) is 5.29. The largest absolute Gasteiger partial charge is 0.495 e. The van der Waals surface area contributed by atoms with Gasteiger partial charge in [-0.1, -0.05) is 12.5 Å². The highest BCUT2D eigenvalue weighted by Gasteiger charge is 2.35. The van der Waals surface area contributed by atoms with E-state index in [1.54, 1.807) is 7.11 Å². The van der Waals surface area contributed by atoms with Crippen LogP contribution < -0.4 is 15.8 Å². The van der Waals surface area contributed by atoms with Crippen LogP contribution >= 0.6 is 0 Å². The second-order valence-electron chi connectivity index (χ2n) is 5.56. The topological polar surface area (TPSA) is 50.5 Å². The summed E-state index contributed by atoms with van der Waals surface area (Å²) in [4.78, 5) is 2.62. The van der Waals surface area contributed by atoms with E-state index in [1.165, 1.54) is 38.8 Å². The molecular formula is C15H23N3O. The molecule has 2 fully saturated rings. The minimum absolute atomic E-state index is 0.523. The molecule has 0 radical (unpaired) electrons. The number of methoxy groups -OCH3 is 1. The number of hydrogen-bond acceptors (Lipinski definition) is 4. The van der Waals surface area contributed by atoms with Crippen molar-refractivity contribution in [2.45, 2.75) is 37.8 Å². The lowest BCUT2D eigenvalue weighted by molar-refractivity contribution is 0.193. The summed E-state index contributed by atoms with van der Waals surface area (Å²) in [5.74, 6) is 0.753. The highest BCUT2D eigenvalue weighted by Crippen LogP contribution is 2.33. The normalized spacial score (nSPS) is 27.0. The quantitative estimate of drug-likeness (QED) is 0.820. The van der Waals surface area contributed by atoms with Gasteiger partial charge in [0, 0.05) is 18.6 Å². The lowest BCUT2D eigenvalue weighted by Crippen LogP contribution is -2.41. The van der Waals surface area contributed by atoms with Crippen LogP contribution in [-0.4, -0.2) is 37.2 Å². The fourth-order valence-corrected chi connectivity index (χ4v) is 3.46. The van der Waals surface area contributed by atoms with E-state index in [9.17, 15) is 0 Å². The SMILES string of the molecule is COc1cccc(NC2CCN3CCCCC23)c1N. The minimum atomic E-state index is 0.523. The van der Waals surface area contributed by atoms with E-state index in [-0.39, 0.29) is 0 Å². The molecule has 3 rings (SSSR count). The summed E-state index contributed by atoms with van der Waals surface area (Å²) in [6.45, 7) is 2.47. The van der Waals surface area contributed by atoms with Gasteiger partial charge in [-0.2, -0.15) is 0 Å². The van der Waals surface area contributed by atoms with E-state index in [4.69, 9.17) is 10.5 Å². The van der Waals surface area contributed by atoms with E-state index in [2.05, 4.69) is 10.2 Å². The highest BCUT2D eigenvalue weighted by molar-refractivity contribution is 5.73. The Labute approximate surface area is 114 Å². The van der Waals surface area contributed by atoms with Crippen LogP contribution in [0.2, 0.25) is 0 Å². The predicted molar refractivity (Wildman–Crippen MR) is 78.6 cm³/mol. The Morgan fingerprint density at radius 3 is 3.00 bits per heavy atom. The van der Waals surface area contributed by atoms with Crippen molar-refractivity contribution < 1.29 is 4.74 Å². The molecule has 2 aliphatic rings. The number of nitrogens with zero attached hydrogens (tertiary/aromatic N) is 1. The number of piperidine rings is 1. The van der Waals surface area contributed by atoms with Gasteiger partial charge in [0.25, 0.3) is 0 Å². The Bertz CT molecular complexity index is 449. The van der Waals surface area contributed by atoms with Crippen LogP contribution in [0.4, 0.5) is 11.4 Å². The van der Waals surface area contributed by atoms with Gasteiger partial charge in [-0.3, -0.25) is 4.90 Å². The predicted octanol–water partition coefficient (Wildman–Crippen LogP) is 2.32. The van der Waals surface area contributed by atoms with Crippen molar-refractivity contribution in [3.63, 3.8) is 0 Å². The molecule has 0 aliphatic carbocycles. The molecule has 2 atom stereocenters. The Hall–Kier alpha value is -1.42. The van der Waals surface area contributed by atoms with Gasteiger partial charge in [-0.15, -0.1) is 0 Å². The molecule has 3 N–H and O–H groups in total. The van der Waals surface area contributed by atoms with Crippen LogP contribution in [0.25, 0.3) is 0 Å². The van der Waals surface area contributed by atoms with Crippen LogP contribution in [-0.2, 0) is 0 Å². The fourth-order valence-electron chi connectivity index (χ4n) is 3.46. The Morgan fingerprint density at radius 2 is 2.16 bits per heavy atom. The van der Waals surface area contributed by atoms with Gasteiger partial charge in [-0.05, 0) is 37.9 Å². The summed E-state index contributed by atoms with van der Waals surface area (Å²) < 4.78 is 5.28. The monoisotopic (exact) mass is 261 g/mol. The smallest absolute Gasteiger partial charge is 0.143 e. The summed E-state index contributed by atoms with van der Waals surface area (Å²) in [6, 6.07) is 7.14. The summed E-state index contributed by atoms with van der Waals surface area (Å²) in [7, 11) is 1.66. The zero-order chi connectivity index (χ0) is 13.2. The van der Waals surface area contributed by atoms with Crippen molar-refractivity contribution in [1.82, 2.24) is 4.90 Å². The standard InChI is InChI=1S/C15H23N3O/c1-19-14-7-4-5-12(15(14)16)17-11-8-10-18-9-3-2-6-13(11)18/h4-5,7,11,13,17H,2-3,6,8-10,16H2,1H3. The van der Waals surface area contributed by atoms with Crippen molar-refractivity contribution in [3.05, 3.63) is 18.2 Å². The Balaban J connectivity index is 1.75. The number of anilines is 2. The van der Waals surface area contributed by atoms with E-state index in [0.717, 1.165) is 17.1 Å². The average molecular weight is 261 g/mol. The highest BCUT2D eigenvalue weighted by atomic mass is 16.5. The molecule has 2 heterocycles. The first-order chi connectivity index (χ1) is 9.29. The third-order valence-electron chi connectivity index (χ3n) is 4.48. The number of hydrogen-bond donors (Lipinski definition) is 2. The average Bonchev–Trinajstić information content (AvgIpc) is 2.85. The fraction of sp³-hybridized carbons (Fsp3) is 0.600. The maximum atomic E-state index is 6.14. The van der Waals surface area contributed by atoms with Crippen molar-refractivity contribution in [1.29, 1.82) is 0 Å². The number of benzene rings is 1. The van der Waals surface area contributed by atoms with Crippen LogP contribution in [0.15, 0.2) is 18.2 Å². The van der Waals surface area contributed by atoms with Gasteiger partial charge in [0.1, 0.15) is 5.75 Å². The summed E-state index contributed by atoms with van der Waals surface area (Å²) >= 11 is 0. The van der Waals surface area contributed by atoms with Gasteiger partial charge in [-0.25, -0.2) is 0 Å². The van der Waals surface area contributed by atoms with Crippen LogP contribution in [0, 0.1) is 0 Å². The molecule has 2 aliphatic heterocycles. The van der Waals surface area contributed by atoms with E-state index in [0.29, 0.717) is 12.1 Å². The summed E-state index contributed by atoms with van der Waals surface area (Å²) in [5, 5.41) is 3.64. The third-order valence-corrected chi connectivity index (χ3v) is 4.48. The molecule has 0 aromatic heterocycles. The first-order valence-electron chi connectivity index (χ1n) is 7.22. The maximum Gasteiger partial charge on any atom is 0.143 e. The molecule has 4 nitrogen and oxygen atoms in total. The molecule has 0 bridgehead atoms. The zero-order valence-corrected chi connectivity index (χ0v) is 11.6. The second-order valence-corrected chi connectivity index (χ2v) is 5.56. The number of nitrogens with two attached hydrogens (primary N) is 1. The molecule has 2 saturated heterocycles. The third kappa shape index (κ3) is 2.37. The minimum Gasteiger partial charge on any atom is -0.495 e. The molecule has 104 valence electrons. The molecule has 4 heteroatoms. The van der Waals surface area contributed by atoms with Gasteiger partial charge >= 0.3 is 0 Å². The zero-order valence-electron chi connectivity index (χ0n) is 11.6. The summed E-state index contributed by atoms with van der Waals surface area (Å²) in [5.41, 5.74) is 7.87. The first kappa shape index (κ1) is 12.6. The van der Waals surface area contributed by atoms with Crippen LogP contribution in [0.3, 0.4) is 0 Å². The first-order valence-corrected chi connectivity index (χ1v) is 7.22. The number of fused-ring (bicyclic) bond motifs is 1. The maximum absolute atomic E-state index is 6.14. The Morgan fingerprint density at radius 1 is 1.26 bits per heavy atom. The lowest BCUT2D eigenvalue weighted by Gasteiger charge is -2.33. The van der Waals surface area contributed by atoms with Crippen molar-refractivity contribution >= 4 is 11.4 Å². The van der Waals surface area contributed by atoms with Gasteiger partial charge in [0.15, 0.2) is 0 Å². The number of rotatable bonds is 3. The van der Waals surface area contributed by atoms with Gasteiger partial charge in [0.05, 0.1) is 18.5 Å². The van der Waals surface area contributed by atoms with Crippen LogP contribution in [0.1, 0.15) is 25.7 Å². The van der Waals surface area contributed by atoms with Crippen molar-refractivity contribution in [2.75, 3.05) is 31.2 Å². The number of nitrogen functional groups attached to an aromatic ring is 1. The molecule has 19 heavy (non-hydrogen) atoms. The van der Waals surface area contributed by atoms with E-state index < -0.39 is 0 Å². The van der Waals surface area contributed by atoms with Crippen molar-refractivity contribution in [2.24, 2.45) is 0 Å². The molecule has 0 amide bonds. The molecule has 1 aromatic rings. The van der Waals surface area contributed by atoms with Gasteiger partial charge in [0.2, 0.25) is 0 Å². The molecule has 0 saturated carbocycles. The Kier molecular flexibility index (Phi) is 3.51. The molecule has 2 unspecified atom stereocenters. The van der Waals surface area contributed by atoms with E-state index in [1.807, 2.05) is 18.2 Å². The van der Waals surface area contributed by atoms with Crippen molar-refractivity contribution in [3.8, 4) is 5.75 Å².